The largest absolute Gasteiger partial charge is 0.115 e. The van der Waals surface area contributed by atoms with Crippen LogP contribution in [0.4, 0.5) is 0 Å². The summed E-state index contributed by atoms with van der Waals surface area (Å²) in [4.78, 5) is 0. The summed E-state index contributed by atoms with van der Waals surface area (Å²) >= 11 is 0. The fourth-order valence-electron chi connectivity index (χ4n) is 1.62. The molecule has 0 bridgehead atoms. The van der Waals surface area contributed by atoms with Crippen molar-refractivity contribution in [3.05, 3.63) is 35.4 Å². The Labute approximate surface area is 73.6 Å². The van der Waals surface area contributed by atoms with Crippen LogP contribution < -0.4 is 0 Å². The molecule has 0 nitrogen and oxygen atoms in total. The molecule has 1 aromatic carbocycles. The van der Waals surface area contributed by atoms with Crippen LogP contribution >= 0.6 is 0 Å². The highest BCUT2D eigenvalue weighted by Crippen LogP contribution is 2.36. The Balaban J connectivity index is 2.27. The van der Waals surface area contributed by atoms with Gasteiger partial charge in [-0.3, -0.25) is 0 Å². The van der Waals surface area contributed by atoms with E-state index >= 15 is 0 Å². The maximum Gasteiger partial charge on any atom is 0.0245 e. The molecule has 1 aromatic rings. The number of terminal acetylenes is 1. The van der Waals surface area contributed by atoms with Crippen LogP contribution in [0.3, 0.4) is 0 Å². The van der Waals surface area contributed by atoms with Crippen molar-refractivity contribution in [3.63, 3.8) is 0 Å². The first-order valence-electron chi connectivity index (χ1n) is 4.47. The molecule has 0 aliphatic heterocycles. The summed E-state index contributed by atoms with van der Waals surface area (Å²) in [5.74, 6) is 3.46. The van der Waals surface area contributed by atoms with E-state index in [4.69, 9.17) is 6.42 Å². The average molecular weight is 156 g/mol. The van der Waals surface area contributed by atoms with Crippen LogP contribution in [-0.2, 0) is 0 Å². The zero-order valence-electron chi connectivity index (χ0n) is 7.09. The van der Waals surface area contributed by atoms with Crippen molar-refractivity contribution in [2.75, 3.05) is 0 Å². The molecule has 0 spiro atoms. The molecule has 0 radical (unpaired) electrons. The van der Waals surface area contributed by atoms with Crippen LogP contribution in [0.5, 0.6) is 0 Å². The van der Waals surface area contributed by atoms with Gasteiger partial charge in [0, 0.05) is 5.56 Å². The van der Waals surface area contributed by atoms with Crippen LogP contribution in [0.1, 0.15) is 36.3 Å². The smallest absolute Gasteiger partial charge is 0.0245 e. The van der Waals surface area contributed by atoms with Gasteiger partial charge in [-0.1, -0.05) is 24.5 Å². The number of benzene rings is 1. The lowest BCUT2D eigenvalue weighted by Gasteiger charge is -2.25. The van der Waals surface area contributed by atoms with Crippen molar-refractivity contribution >= 4 is 0 Å². The van der Waals surface area contributed by atoms with Gasteiger partial charge in [0.2, 0.25) is 0 Å². The minimum absolute atomic E-state index is 0.790. The van der Waals surface area contributed by atoms with Gasteiger partial charge in [0.1, 0.15) is 0 Å². The Morgan fingerprint density at radius 3 is 2.75 bits per heavy atom. The molecule has 0 aromatic heterocycles. The summed E-state index contributed by atoms with van der Waals surface area (Å²) in [6, 6.07) is 8.37. The van der Waals surface area contributed by atoms with E-state index in [1.807, 2.05) is 6.07 Å². The fraction of sp³-hybridized carbons (Fsp3) is 0.333. The van der Waals surface area contributed by atoms with Crippen LogP contribution in [0.25, 0.3) is 0 Å². The first-order valence-corrected chi connectivity index (χ1v) is 4.47. The van der Waals surface area contributed by atoms with Crippen molar-refractivity contribution in [3.8, 4) is 12.3 Å². The Kier molecular flexibility index (Phi) is 1.87. The average Bonchev–Trinajstić information content (AvgIpc) is 2.02. The van der Waals surface area contributed by atoms with Gasteiger partial charge in [-0.2, -0.15) is 0 Å². The molecule has 0 amide bonds. The van der Waals surface area contributed by atoms with E-state index in [2.05, 4.69) is 24.1 Å². The predicted molar refractivity (Wildman–Crippen MR) is 51.0 cm³/mol. The van der Waals surface area contributed by atoms with Crippen LogP contribution in [0.15, 0.2) is 24.3 Å². The van der Waals surface area contributed by atoms with Crippen molar-refractivity contribution in [1.82, 2.24) is 0 Å². The molecule has 12 heavy (non-hydrogen) atoms. The maximum absolute atomic E-state index is 5.33. The van der Waals surface area contributed by atoms with Gasteiger partial charge in [0.15, 0.2) is 0 Å². The lowest BCUT2D eigenvalue weighted by molar-refractivity contribution is 0.420. The summed E-state index contributed by atoms with van der Waals surface area (Å²) < 4.78 is 0. The highest BCUT2D eigenvalue weighted by Gasteiger charge is 2.18. The molecule has 0 heterocycles. The third-order valence-electron chi connectivity index (χ3n) is 2.63. The second-order valence-electron chi connectivity index (χ2n) is 3.40. The Morgan fingerprint density at radius 2 is 2.17 bits per heavy atom. The summed E-state index contributed by atoms with van der Waals surface area (Å²) in [5, 5.41) is 0. The van der Waals surface area contributed by atoms with Gasteiger partial charge in [-0.25, -0.2) is 0 Å². The molecule has 2 rings (SSSR count). The molecule has 0 heteroatoms. The zero-order chi connectivity index (χ0) is 8.39. The van der Waals surface area contributed by atoms with Gasteiger partial charge in [0.25, 0.3) is 0 Å². The number of hydrogen-bond acceptors (Lipinski definition) is 0. The van der Waals surface area contributed by atoms with Gasteiger partial charge < -0.3 is 0 Å². The molecule has 1 fully saturated rings. The highest BCUT2D eigenvalue weighted by molar-refractivity contribution is 5.37. The molecule has 1 aliphatic carbocycles. The lowest BCUT2D eigenvalue weighted by atomic mass is 9.80. The molecule has 0 atom stereocenters. The lowest BCUT2D eigenvalue weighted by Crippen LogP contribution is -2.08. The monoisotopic (exact) mass is 156 g/mol. The number of hydrogen-bond donors (Lipinski definition) is 0. The molecular formula is C12H12. The second-order valence-corrected chi connectivity index (χ2v) is 3.40. The molecule has 1 saturated carbocycles. The Hall–Kier alpha value is -1.22. The summed E-state index contributed by atoms with van der Waals surface area (Å²) in [5.41, 5.74) is 2.44. The van der Waals surface area contributed by atoms with Gasteiger partial charge >= 0.3 is 0 Å². The van der Waals surface area contributed by atoms with Crippen LogP contribution in [-0.4, -0.2) is 0 Å². The van der Waals surface area contributed by atoms with E-state index in [1.165, 1.54) is 24.8 Å². The maximum atomic E-state index is 5.33. The highest BCUT2D eigenvalue weighted by atomic mass is 14.2. The first kappa shape index (κ1) is 7.43. The standard InChI is InChI=1S/C12H12/c1-2-10-5-3-8-12(9-10)11-6-4-7-11/h1,3,5,8-9,11H,4,6-7H2. The van der Waals surface area contributed by atoms with E-state index in [9.17, 15) is 0 Å². The van der Waals surface area contributed by atoms with E-state index in [1.54, 1.807) is 0 Å². The molecule has 60 valence electrons. The molecular weight excluding hydrogens is 144 g/mol. The van der Waals surface area contributed by atoms with Gasteiger partial charge in [-0.05, 0) is 36.5 Å². The van der Waals surface area contributed by atoms with E-state index in [0.29, 0.717) is 0 Å². The van der Waals surface area contributed by atoms with Crippen LogP contribution in [0.2, 0.25) is 0 Å². The Bertz CT molecular complexity index is 313. The van der Waals surface area contributed by atoms with E-state index in [-0.39, 0.29) is 0 Å². The third kappa shape index (κ3) is 1.23. The van der Waals surface area contributed by atoms with Crippen LogP contribution in [0, 0.1) is 12.3 Å². The minimum atomic E-state index is 0.790. The van der Waals surface area contributed by atoms with Crippen molar-refractivity contribution in [2.24, 2.45) is 0 Å². The third-order valence-corrected chi connectivity index (χ3v) is 2.63. The summed E-state index contributed by atoms with van der Waals surface area (Å²) in [6.07, 6.45) is 9.39. The molecule has 0 saturated heterocycles. The summed E-state index contributed by atoms with van der Waals surface area (Å²) in [7, 11) is 0. The molecule has 0 unspecified atom stereocenters. The van der Waals surface area contributed by atoms with Crippen molar-refractivity contribution in [1.29, 1.82) is 0 Å². The summed E-state index contributed by atoms with van der Waals surface area (Å²) in [6.45, 7) is 0. The Morgan fingerprint density at radius 1 is 1.33 bits per heavy atom. The van der Waals surface area contributed by atoms with E-state index < -0.39 is 0 Å². The SMILES string of the molecule is C#Cc1cccc(C2CCC2)c1. The molecule has 0 N–H and O–H groups in total. The fourth-order valence-corrected chi connectivity index (χ4v) is 1.62. The van der Waals surface area contributed by atoms with Crippen molar-refractivity contribution in [2.45, 2.75) is 25.2 Å². The molecule has 1 aliphatic rings. The predicted octanol–water partition coefficient (Wildman–Crippen LogP) is 2.94. The quantitative estimate of drug-likeness (QED) is 0.548. The second kappa shape index (κ2) is 3.03. The van der Waals surface area contributed by atoms with Crippen molar-refractivity contribution < 1.29 is 0 Å². The topological polar surface area (TPSA) is 0 Å². The first-order chi connectivity index (χ1) is 5.90. The number of rotatable bonds is 1. The minimum Gasteiger partial charge on any atom is -0.115 e. The zero-order valence-corrected chi connectivity index (χ0v) is 7.09. The van der Waals surface area contributed by atoms with Gasteiger partial charge in [-0.15, -0.1) is 6.42 Å². The normalized spacial score (nSPS) is 16.6. The van der Waals surface area contributed by atoms with E-state index in [0.717, 1.165) is 11.5 Å². The van der Waals surface area contributed by atoms with Gasteiger partial charge in [0.05, 0.1) is 0 Å².